The number of pyridine rings is 2. The number of amides is 1. The highest BCUT2D eigenvalue weighted by Crippen LogP contribution is 2.30. The van der Waals surface area contributed by atoms with Crippen LogP contribution in [0.3, 0.4) is 0 Å². The Morgan fingerprint density at radius 1 is 1.36 bits per heavy atom. The number of piperidine rings is 1. The van der Waals surface area contributed by atoms with E-state index in [1.807, 2.05) is 4.90 Å². The van der Waals surface area contributed by atoms with Crippen LogP contribution in [-0.4, -0.2) is 71.4 Å². The SMILES string of the molecule is COc1cc(F)c2nccc(C(O)CN3CCC(NCc4ccc5c(n4)NC(=O)CO5)C(F)C3)c2c1. The first-order chi connectivity index (χ1) is 17.4. The number of aliphatic hydroxyl groups excluding tert-OH is 1. The van der Waals surface area contributed by atoms with Crippen molar-refractivity contribution in [2.45, 2.75) is 31.3 Å². The molecule has 1 amide bonds. The number of ether oxygens (including phenoxy) is 2. The third-order valence-electron chi connectivity index (χ3n) is 6.53. The van der Waals surface area contributed by atoms with Gasteiger partial charge in [0.05, 0.1) is 18.9 Å². The van der Waals surface area contributed by atoms with Crippen LogP contribution in [0.2, 0.25) is 0 Å². The molecule has 190 valence electrons. The zero-order valence-electron chi connectivity index (χ0n) is 19.7. The zero-order valence-corrected chi connectivity index (χ0v) is 19.7. The molecule has 0 bridgehead atoms. The molecule has 11 heteroatoms. The van der Waals surface area contributed by atoms with Gasteiger partial charge in [-0.1, -0.05) is 0 Å². The molecule has 0 radical (unpaired) electrons. The molecule has 36 heavy (non-hydrogen) atoms. The van der Waals surface area contributed by atoms with E-state index >= 15 is 4.39 Å². The molecule has 5 rings (SSSR count). The van der Waals surface area contributed by atoms with Crippen LogP contribution >= 0.6 is 0 Å². The Morgan fingerprint density at radius 3 is 3.03 bits per heavy atom. The number of rotatable bonds is 7. The molecule has 1 fully saturated rings. The van der Waals surface area contributed by atoms with Gasteiger partial charge in [-0.05, 0) is 42.8 Å². The molecule has 3 aromatic rings. The van der Waals surface area contributed by atoms with Crippen molar-refractivity contribution in [2.24, 2.45) is 0 Å². The fourth-order valence-corrected chi connectivity index (χ4v) is 4.66. The molecule has 3 unspecified atom stereocenters. The minimum atomic E-state index is -1.15. The van der Waals surface area contributed by atoms with Crippen molar-refractivity contribution in [3.63, 3.8) is 0 Å². The van der Waals surface area contributed by atoms with Crippen LogP contribution in [0.25, 0.3) is 10.9 Å². The molecule has 2 aliphatic heterocycles. The number of hydrogen-bond acceptors (Lipinski definition) is 8. The number of β-amino-alcohol motifs (C(OH)–C–C–N with tert-alkyl or cyclic N) is 1. The maximum absolute atomic E-state index is 15.0. The minimum absolute atomic E-state index is 0.0362. The Morgan fingerprint density at radius 2 is 2.22 bits per heavy atom. The highest BCUT2D eigenvalue weighted by atomic mass is 19.1. The van der Waals surface area contributed by atoms with Crippen molar-refractivity contribution in [2.75, 3.05) is 38.7 Å². The van der Waals surface area contributed by atoms with Crippen molar-refractivity contribution in [3.8, 4) is 11.5 Å². The second-order valence-corrected chi connectivity index (χ2v) is 8.96. The summed E-state index contributed by atoms with van der Waals surface area (Å²) in [5.74, 6) is 0.421. The molecular formula is C25H27F2N5O4. The summed E-state index contributed by atoms with van der Waals surface area (Å²) in [6.45, 7) is 1.24. The van der Waals surface area contributed by atoms with E-state index in [0.29, 0.717) is 53.5 Å². The van der Waals surface area contributed by atoms with Crippen molar-refractivity contribution in [1.82, 2.24) is 20.2 Å². The van der Waals surface area contributed by atoms with Gasteiger partial charge >= 0.3 is 0 Å². The molecule has 1 aromatic carbocycles. The van der Waals surface area contributed by atoms with Gasteiger partial charge in [0.25, 0.3) is 5.91 Å². The van der Waals surface area contributed by atoms with Crippen molar-refractivity contribution in [3.05, 3.63) is 53.6 Å². The van der Waals surface area contributed by atoms with Crippen molar-refractivity contribution in [1.29, 1.82) is 0 Å². The van der Waals surface area contributed by atoms with Crippen molar-refractivity contribution >= 4 is 22.6 Å². The summed E-state index contributed by atoms with van der Waals surface area (Å²) >= 11 is 0. The second-order valence-electron chi connectivity index (χ2n) is 8.96. The van der Waals surface area contributed by atoms with Crippen LogP contribution in [0.15, 0.2) is 36.5 Å². The molecule has 4 heterocycles. The number of likely N-dealkylation sites (tertiary alicyclic amines) is 1. The van der Waals surface area contributed by atoms with E-state index in [1.165, 1.54) is 19.4 Å². The molecule has 9 nitrogen and oxygen atoms in total. The van der Waals surface area contributed by atoms with Crippen LogP contribution in [0.1, 0.15) is 23.8 Å². The fourth-order valence-electron chi connectivity index (χ4n) is 4.66. The standard InChI is InChI=1S/C25H27F2N5O4/c1-35-15-8-17-16(4-6-28-24(17)18(26)9-15)21(33)12-32-7-5-20(19(27)11-32)29-10-14-2-3-22-25(30-14)31-23(34)13-36-22/h2-4,6,8-9,19-21,29,33H,5,7,10-13H2,1H3,(H,30,31,34). The predicted octanol–water partition coefficient (Wildman–Crippen LogP) is 2.34. The number of aliphatic hydroxyl groups is 1. The molecule has 0 saturated carbocycles. The summed E-state index contributed by atoms with van der Waals surface area (Å²) in [7, 11) is 1.44. The number of alkyl halides is 1. The number of nitrogens with one attached hydrogen (secondary N) is 2. The van der Waals surface area contributed by atoms with Gasteiger partial charge in [-0.3, -0.25) is 14.7 Å². The van der Waals surface area contributed by atoms with Gasteiger partial charge in [-0.2, -0.15) is 0 Å². The topological polar surface area (TPSA) is 109 Å². The van der Waals surface area contributed by atoms with Crippen LogP contribution in [0, 0.1) is 5.82 Å². The van der Waals surface area contributed by atoms with Crippen LogP contribution in [-0.2, 0) is 11.3 Å². The Balaban J connectivity index is 1.19. The summed E-state index contributed by atoms with van der Waals surface area (Å²) in [4.78, 5) is 21.8. The number of carbonyl (C=O) groups excluding carboxylic acids is 1. The molecule has 3 atom stereocenters. The van der Waals surface area contributed by atoms with Crippen molar-refractivity contribution < 1.29 is 28.2 Å². The third kappa shape index (κ3) is 5.08. The summed E-state index contributed by atoms with van der Waals surface area (Å²) < 4.78 is 39.9. The smallest absolute Gasteiger partial charge is 0.263 e. The van der Waals surface area contributed by atoms with Crippen LogP contribution in [0.5, 0.6) is 11.5 Å². The summed E-state index contributed by atoms with van der Waals surface area (Å²) in [5, 5.41) is 17.3. The van der Waals surface area contributed by atoms with E-state index in [0.717, 1.165) is 0 Å². The first-order valence-corrected chi connectivity index (χ1v) is 11.7. The molecule has 3 N–H and O–H groups in total. The molecule has 0 aliphatic carbocycles. The van der Waals surface area contributed by atoms with E-state index in [-0.39, 0.29) is 37.2 Å². The fraction of sp³-hybridized carbons (Fsp3) is 0.400. The monoisotopic (exact) mass is 499 g/mol. The van der Waals surface area contributed by atoms with E-state index in [9.17, 15) is 14.3 Å². The van der Waals surface area contributed by atoms with E-state index in [2.05, 4.69) is 20.6 Å². The quantitative estimate of drug-likeness (QED) is 0.455. The van der Waals surface area contributed by atoms with E-state index in [1.54, 1.807) is 24.3 Å². The van der Waals surface area contributed by atoms with Gasteiger partial charge in [0.15, 0.2) is 24.0 Å². The Bertz CT molecular complexity index is 1280. The lowest BCUT2D eigenvalue weighted by Gasteiger charge is -2.36. The minimum Gasteiger partial charge on any atom is -0.497 e. The lowest BCUT2D eigenvalue weighted by molar-refractivity contribution is -0.118. The van der Waals surface area contributed by atoms with Gasteiger partial charge in [0, 0.05) is 43.3 Å². The van der Waals surface area contributed by atoms with E-state index < -0.39 is 18.1 Å². The molecule has 0 spiro atoms. The average Bonchev–Trinajstić information content (AvgIpc) is 2.87. The van der Waals surface area contributed by atoms with E-state index in [4.69, 9.17) is 9.47 Å². The third-order valence-corrected chi connectivity index (χ3v) is 6.53. The number of anilines is 1. The number of benzene rings is 1. The van der Waals surface area contributed by atoms with Gasteiger partial charge in [-0.15, -0.1) is 0 Å². The lowest BCUT2D eigenvalue weighted by Crippen LogP contribution is -2.51. The van der Waals surface area contributed by atoms with Crippen LogP contribution < -0.4 is 20.1 Å². The highest BCUT2D eigenvalue weighted by Gasteiger charge is 2.30. The summed E-state index contributed by atoms with van der Waals surface area (Å²) in [6, 6.07) is 7.68. The number of fused-ring (bicyclic) bond motifs is 2. The number of nitrogens with zero attached hydrogens (tertiary/aromatic N) is 3. The molecule has 1 saturated heterocycles. The number of hydrogen-bond donors (Lipinski definition) is 3. The molecule has 2 aliphatic rings. The number of halogens is 2. The van der Waals surface area contributed by atoms with Gasteiger partial charge in [-0.25, -0.2) is 13.8 Å². The lowest BCUT2D eigenvalue weighted by atomic mass is 10.00. The number of aromatic nitrogens is 2. The summed E-state index contributed by atoms with van der Waals surface area (Å²) in [5.41, 5.74) is 1.33. The number of methoxy groups -OCH3 is 1. The van der Waals surface area contributed by atoms with Gasteiger partial charge in [0.1, 0.15) is 17.4 Å². The largest absolute Gasteiger partial charge is 0.497 e. The Labute approximate surface area is 206 Å². The Hall–Kier alpha value is -3.41. The van der Waals surface area contributed by atoms with Crippen LogP contribution in [0.4, 0.5) is 14.6 Å². The maximum Gasteiger partial charge on any atom is 0.263 e. The van der Waals surface area contributed by atoms with Gasteiger partial charge < -0.3 is 25.2 Å². The maximum atomic E-state index is 15.0. The Kier molecular flexibility index (Phi) is 6.95. The molecule has 2 aromatic heterocycles. The second kappa shape index (κ2) is 10.3. The first kappa shape index (κ1) is 24.3. The summed E-state index contributed by atoms with van der Waals surface area (Å²) in [6.07, 6.45) is -0.108. The first-order valence-electron chi connectivity index (χ1n) is 11.7. The molecular weight excluding hydrogens is 472 g/mol. The number of carbonyl (C=O) groups is 1. The van der Waals surface area contributed by atoms with Gasteiger partial charge in [0.2, 0.25) is 0 Å². The average molecular weight is 500 g/mol. The predicted molar refractivity (Wildman–Crippen MR) is 128 cm³/mol. The zero-order chi connectivity index (χ0) is 25.2. The normalized spacial score (nSPS) is 20.9. The highest BCUT2D eigenvalue weighted by molar-refractivity contribution is 5.94.